The van der Waals surface area contributed by atoms with Crippen LogP contribution >= 0.6 is 12.4 Å². The van der Waals surface area contributed by atoms with Gasteiger partial charge < -0.3 is 5.73 Å². The van der Waals surface area contributed by atoms with Crippen molar-refractivity contribution in [3.05, 3.63) is 35.6 Å². The predicted octanol–water partition coefficient (Wildman–Crippen LogP) is 2.53. The van der Waals surface area contributed by atoms with Crippen molar-refractivity contribution < 1.29 is 4.39 Å². The number of halogens is 2. The maximum Gasteiger partial charge on any atom is 0.123 e. The van der Waals surface area contributed by atoms with E-state index in [0.717, 1.165) is 18.5 Å². The number of rotatable bonds is 3. The Kier molecular flexibility index (Phi) is 3.51. The Bertz CT molecular complexity index is 310. The fourth-order valence-electron chi connectivity index (χ4n) is 1.71. The monoisotopic (exact) mass is 215 g/mol. The fourth-order valence-corrected chi connectivity index (χ4v) is 1.71. The third kappa shape index (κ3) is 2.46. The van der Waals surface area contributed by atoms with Crippen LogP contribution in [0.15, 0.2) is 24.3 Å². The Morgan fingerprint density at radius 2 is 2.07 bits per heavy atom. The van der Waals surface area contributed by atoms with E-state index < -0.39 is 0 Å². The Labute approximate surface area is 89.9 Å². The van der Waals surface area contributed by atoms with Crippen LogP contribution in [0.2, 0.25) is 0 Å². The first kappa shape index (κ1) is 11.5. The van der Waals surface area contributed by atoms with Gasteiger partial charge >= 0.3 is 0 Å². The summed E-state index contributed by atoms with van der Waals surface area (Å²) < 4.78 is 12.8. The first-order chi connectivity index (χ1) is 6.24. The van der Waals surface area contributed by atoms with Gasteiger partial charge in [-0.15, -0.1) is 12.4 Å². The van der Waals surface area contributed by atoms with Crippen LogP contribution in [0.4, 0.5) is 4.39 Å². The summed E-state index contributed by atoms with van der Waals surface area (Å²) in [7, 11) is 0. The summed E-state index contributed by atoms with van der Waals surface area (Å²) in [4.78, 5) is 0. The molecule has 2 rings (SSSR count). The van der Waals surface area contributed by atoms with Crippen LogP contribution in [0.1, 0.15) is 18.4 Å². The Morgan fingerprint density at radius 1 is 1.36 bits per heavy atom. The van der Waals surface area contributed by atoms with Crippen LogP contribution < -0.4 is 5.73 Å². The Morgan fingerprint density at radius 3 is 2.57 bits per heavy atom. The largest absolute Gasteiger partial charge is 0.330 e. The highest BCUT2D eigenvalue weighted by Gasteiger charge is 2.40. The first-order valence-corrected chi connectivity index (χ1v) is 4.69. The summed E-state index contributed by atoms with van der Waals surface area (Å²) in [5, 5.41) is 0. The summed E-state index contributed by atoms with van der Waals surface area (Å²) in [6, 6.07) is 6.82. The van der Waals surface area contributed by atoms with Gasteiger partial charge in [0.1, 0.15) is 5.82 Å². The summed E-state index contributed by atoms with van der Waals surface area (Å²) in [6.45, 7) is 0.726. The minimum atomic E-state index is -0.148. The SMILES string of the molecule is Cl.NCC1(Cc2cccc(F)c2)CC1. The molecule has 2 N–H and O–H groups in total. The standard InChI is InChI=1S/C11H14FN.ClH/c12-10-3-1-2-9(6-10)7-11(8-13)4-5-11;/h1-3,6H,4-5,7-8,13H2;1H. The highest BCUT2D eigenvalue weighted by Crippen LogP contribution is 2.47. The zero-order valence-corrected chi connectivity index (χ0v) is 8.82. The van der Waals surface area contributed by atoms with Gasteiger partial charge in [0.25, 0.3) is 0 Å². The lowest BCUT2D eigenvalue weighted by atomic mass is 9.97. The maximum absolute atomic E-state index is 12.8. The van der Waals surface area contributed by atoms with Crippen molar-refractivity contribution >= 4 is 12.4 Å². The molecule has 0 radical (unpaired) electrons. The topological polar surface area (TPSA) is 26.0 Å². The average Bonchev–Trinajstić information content (AvgIpc) is 2.86. The number of benzene rings is 1. The molecule has 0 amide bonds. The van der Waals surface area contributed by atoms with E-state index in [9.17, 15) is 4.39 Å². The third-order valence-electron chi connectivity index (χ3n) is 2.86. The van der Waals surface area contributed by atoms with E-state index in [2.05, 4.69) is 0 Å². The Hall–Kier alpha value is -0.600. The summed E-state index contributed by atoms with van der Waals surface area (Å²) in [5.41, 5.74) is 7.03. The molecular formula is C11H15ClFN. The molecular weight excluding hydrogens is 201 g/mol. The lowest BCUT2D eigenvalue weighted by molar-refractivity contribution is 0.518. The van der Waals surface area contributed by atoms with E-state index >= 15 is 0 Å². The third-order valence-corrected chi connectivity index (χ3v) is 2.86. The lowest BCUT2D eigenvalue weighted by Crippen LogP contribution is -2.17. The van der Waals surface area contributed by atoms with Gasteiger partial charge in [-0.25, -0.2) is 4.39 Å². The zero-order chi connectivity index (χ0) is 9.31. The molecule has 0 spiro atoms. The summed E-state index contributed by atoms with van der Waals surface area (Å²) in [5.74, 6) is -0.148. The molecule has 1 aromatic rings. The highest BCUT2D eigenvalue weighted by atomic mass is 35.5. The predicted molar refractivity (Wildman–Crippen MR) is 58.1 cm³/mol. The molecule has 1 saturated carbocycles. The molecule has 0 saturated heterocycles. The van der Waals surface area contributed by atoms with Crippen LogP contribution in [0.3, 0.4) is 0 Å². The maximum atomic E-state index is 12.8. The van der Waals surface area contributed by atoms with Gasteiger partial charge in [-0.05, 0) is 48.9 Å². The molecule has 0 heterocycles. The molecule has 1 aliphatic carbocycles. The van der Waals surface area contributed by atoms with Gasteiger partial charge in [0.05, 0.1) is 0 Å². The molecule has 1 nitrogen and oxygen atoms in total. The molecule has 3 heteroatoms. The van der Waals surface area contributed by atoms with Crippen molar-refractivity contribution in [2.45, 2.75) is 19.3 Å². The van der Waals surface area contributed by atoms with E-state index in [1.54, 1.807) is 12.1 Å². The van der Waals surface area contributed by atoms with Crippen LogP contribution in [0, 0.1) is 11.2 Å². The minimum absolute atomic E-state index is 0. The van der Waals surface area contributed by atoms with Gasteiger partial charge in [0.15, 0.2) is 0 Å². The van der Waals surface area contributed by atoms with Crippen molar-refractivity contribution in [1.82, 2.24) is 0 Å². The zero-order valence-electron chi connectivity index (χ0n) is 8.00. The van der Waals surface area contributed by atoms with Gasteiger partial charge in [0, 0.05) is 0 Å². The normalized spacial score (nSPS) is 17.3. The first-order valence-electron chi connectivity index (χ1n) is 4.69. The van der Waals surface area contributed by atoms with E-state index in [1.165, 1.54) is 18.9 Å². The van der Waals surface area contributed by atoms with E-state index in [-0.39, 0.29) is 18.2 Å². The molecule has 0 unspecified atom stereocenters. The lowest BCUT2D eigenvalue weighted by Gasteiger charge is -2.11. The quantitative estimate of drug-likeness (QED) is 0.824. The van der Waals surface area contributed by atoms with Crippen molar-refractivity contribution in [3.8, 4) is 0 Å². The van der Waals surface area contributed by atoms with Gasteiger partial charge in [0.2, 0.25) is 0 Å². The molecule has 1 aromatic carbocycles. The molecule has 0 aromatic heterocycles. The minimum Gasteiger partial charge on any atom is -0.330 e. The van der Waals surface area contributed by atoms with Gasteiger partial charge in [-0.2, -0.15) is 0 Å². The van der Waals surface area contributed by atoms with Crippen molar-refractivity contribution in [2.75, 3.05) is 6.54 Å². The van der Waals surface area contributed by atoms with Crippen molar-refractivity contribution in [2.24, 2.45) is 11.1 Å². The van der Waals surface area contributed by atoms with Gasteiger partial charge in [-0.1, -0.05) is 12.1 Å². The van der Waals surface area contributed by atoms with Crippen LogP contribution in [-0.4, -0.2) is 6.54 Å². The molecule has 0 atom stereocenters. The Balaban J connectivity index is 0.000000980. The molecule has 0 aliphatic heterocycles. The smallest absolute Gasteiger partial charge is 0.123 e. The van der Waals surface area contributed by atoms with Crippen LogP contribution in [0.25, 0.3) is 0 Å². The summed E-state index contributed by atoms with van der Waals surface area (Å²) >= 11 is 0. The number of hydrogen-bond donors (Lipinski definition) is 1. The molecule has 78 valence electrons. The molecule has 1 aliphatic rings. The van der Waals surface area contributed by atoms with Crippen molar-refractivity contribution in [3.63, 3.8) is 0 Å². The molecule has 0 bridgehead atoms. The van der Waals surface area contributed by atoms with E-state index in [4.69, 9.17) is 5.73 Å². The second kappa shape index (κ2) is 4.28. The van der Waals surface area contributed by atoms with E-state index in [0.29, 0.717) is 5.41 Å². The van der Waals surface area contributed by atoms with Crippen LogP contribution in [0.5, 0.6) is 0 Å². The molecule has 14 heavy (non-hydrogen) atoms. The van der Waals surface area contributed by atoms with E-state index in [1.807, 2.05) is 6.07 Å². The number of nitrogens with two attached hydrogens (primary N) is 1. The molecule has 1 fully saturated rings. The second-order valence-electron chi connectivity index (χ2n) is 4.01. The van der Waals surface area contributed by atoms with Crippen molar-refractivity contribution in [1.29, 1.82) is 0 Å². The second-order valence-corrected chi connectivity index (χ2v) is 4.01. The average molecular weight is 216 g/mol. The van der Waals surface area contributed by atoms with Crippen LogP contribution in [-0.2, 0) is 6.42 Å². The highest BCUT2D eigenvalue weighted by molar-refractivity contribution is 5.85. The van der Waals surface area contributed by atoms with Gasteiger partial charge in [-0.3, -0.25) is 0 Å². The summed E-state index contributed by atoms with van der Waals surface area (Å²) in [6.07, 6.45) is 3.32. The number of hydrogen-bond acceptors (Lipinski definition) is 1. The fraction of sp³-hybridized carbons (Fsp3) is 0.455.